The number of benzene rings is 3. The van der Waals surface area contributed by atoms with Gasteiger partial charge in [0.25, 0.3) is 0 Å². The summed E-state index contributed by atoms with van der Waals surface area (Å²) in [5, 5.41) is 2.69. The summed E-state index contributed by atoms with van der Waals surface area (Å²) in [6.07, 6.45) is 2.17. The molecular weight excluding hydrogens is 306 g/mol. The summed E-state index contributed by atoms with van der Waals surface area (Å²) >= 11 is 0. The van der Waals surface area contributed by atoms with Gasteiger partial charge >= 0.3 is 0 Å². The highest BCUT2D eigenvalue weighted by atomic mass is 16.5. The second kappa shape index (κ2) is 6.99. The Morgan fingerprint density at radius 2 is 1.68 bits per heavy atom. The quantitative estimate of drug-likeness (QED) is 0.692. The lowest BCUT2D eigenvalue weighted by atomic mass is 9.93. The smallest absolute Gasteiger partial charge is 0.108 e. The number of nitrogens with zero attached hydrogens (tertiary/aromatic N) is 1. The van der Waals surface area contributed by atoms with E-state index in [0.29, 0.717) is 0 Å². The molecular formula is C23H25NO. The highest BCUT2D eigenvalue weighted by molar-refractivity contribution is 5.87. The summed E-state index contributed by atoms with van der Waals surface area (Å²) in [7, 11) is 4.18. The molecule has 2 heteroatoms. The van der Waals surface area contributed by atoms with Crippen LogP contribution in [0.4, 0.5) is 0 Å². The first-order chi connectivity index (χ1) is 12.2. The maximum absolute atomic E-state index is 6.43. The van der Waals surface area contributed by atoms with Crippen molar-refractivity contribution in [2.75, 3.05) is 27.2 Å². The Bertz CT molecular complexity index is 884. The largest absolute Gasteiger partial charge is 0.367 e. The standard InChI is InChI=1S/C23H25NO/c1-24(2)15-16-25-23-20-10-6-4-8-18(20)11-13-21-19-9-5-3-7-17(19)12-14-22(21)23/h3-10,12,14,23H,11,13,15-16H2,1-2H3. The zero-order chi connectivity index (χ0) is 17.2. The van der Waals surface area contributed by atoms with Crippen LogP contribution in [0, 0.1) is 0 Å². The fourth-order valence-corrected chi connectivity index (χ4v) is 3.86. The summed E-state index contributed by atoms with van der Waals surface area (Å²) in [5.74, 6) is 0. The fraction of sp³-hybridized carbons (Fsp3) is 0.304. The first-order valence-electron chi connectivity index (χ1n) is 9.08. The van der Waals surface area contributed by atoms with Gasteiger partial charge in [-0.1, -0.05) is 60.7 Å². The zero-order valence-electron chi connectivity index (χ0n) is 15.0. The number of hydrogen-bond donors (Lipinski definition) is 0. The van der Waals surface area contributed by atoms with Gasteiger partial charge in [0.2, 0.25) is 0 Å². The van der Waals surface area contributed by atoms with E-state index in [2.05, 4.69) is 79.7 Å². The van der Waals surface area contributed by atoms with Gasteiger partial charge < -0.3 is 9.64 Å². The van der Waals surface area contributed by atoms with Crippen LogP contribution in [0.15, 0.2) is 60.7 Å². The van der Waals surface area contributed by atoms with E-state index in [-0.39, 0.29) is 6.10 Å². The molecule has 0 saturated heterocycles. The lowest BCUT2D eigenvalue weighted by Gasteiger charge is -2.23. The average molecular weight is 331 g/mol. The minimum absolute atomic E-state index is 0.0262. The Labute approximate surface area is 150 Å². The molecule has 0 N–H and O–H groups in total. The number of hydrogen-bond acceptors (Lipinski definition) is 2. The molecule has 0 aliphatic heterocycles. The molecule has 3 aromatic carbocycles. The van der Waals surface area contributed by atoms with Crippen LogP contribution < -0.4 is 0 Å². The van der Waals surface area contributed by atoms with Gasteiger partial charge in [0.15, 0.2) is 0 Å². The fourth-order valence-electron chi connectivity index (χ4n) is 3.86. The van der Waals surface area contributed by atoms with Crippen LogP contribution >= 0.6 is 0 Å². The van der Waals surface area contributed by atoms with E-state index in [1.54, 1.807) is 0 Å². The van der Waals surface area contributed by atoms with Crippen LogP contribution in [0.2, 0.25) is 0 Å². The number of ether oxygens (including phenoxy) is 1. The Morgan fingerprint density at radius 3 is 2.56 bits per heavy atom. The van der Waals surface area contributed by atoms with Gasteiger partial charge in [-0.3, -0.25) is 0 Å². The molecule has 0 aromatic heterocycles. The Morgan fingerprint density at radius 1 is 0.880 bits per heavy atom. The van der Waals surface area contributed by atoms with Crippen LogP contribution in [-0.2, 0) is 17.6 Å². The van der Waals surface area contributed by atoms with Gasteiger partial charge in [0.05, 0.1) is 6.61 Å². The van der Waals surface area contributed by atoms with Crippen LogP contribution in [0.5, 0.6) is 0 Å². The number of likely N-dealkylation sites (N-methyl/N-ethyl adjacent to an activating group) is 1. The number of fused-ring (bicyclic) bond motifs is 4. The van der Waals surface area contributed by atoms with Crippen molar-refractivity contribution in [1.29, 1.82) is 0 Å². The molecule has 3 aromatic rings. The third-order valence-electron chi connectivity index (χ3n) is 5.16. The molecule has 4 rings (SSSR count). The van der Waals surface area contributed by atoms with E-state index in [9.17, 15) is 0 Å². The molecule has 0 heterocycles. The van der Waals surface area contributed by atoms with Gasteiger partial charge in [-0.25, -0.2) is 0 Å². The van der Waals surface area contributed by atoms with Gasteiger partial charge in [-0.05, 0) is 60.0 Å². The van der Waals surface area contributed by atoms with Crippen molar-refractivity contribution in [2.45, 2.75) is 18.9 Å². The van der Waals surface area contributed by atoms with Crippen LogP contribution in [0.3, 0.4) is 0 Å². The summed E-state index contributed by atoms with van der Waals surface area (Å²) in [4.78, 5) is 2.17. The lowest BCUT2D eigenvalue weighted by molar-refractivity contribution is 0.0684. The highest BCUT2D eigenvalue weighted by Gasteiger charge is 2.25. The van der Waals surface area contributed by atoms with Crippen LogP contribution in [0.25, 0.3) is 10.8 Å². The third kappa shape index (κ3) is 3.20. The minimum atomic E-state index is 0.0262. The monoisotopic (exact) mass is 331 g/mol. The first kappa shape index (κ1) is 16.3. The van der Waals surface area contributed by atoms with E-state index in [1.807, 2.05) is 0 Å². The molecule has 1 atom stereocenters. The molecule has 0 spiro atoms. The summed E-state index contributed by atoms with van der Waals surface area (Å²) in [6, 6.07) is 22.0. The minimum Gasteiger partial charge on any atom is -0.367 e. The van der Waals surface area contributed by atoms with E-state index >= 15 is 0 Å². The maximum Gasteiger partial charge on any atom is 0.108 e. The number of aryl methyl sites for hydroxylation is 2. The van der Waals surface area contributed by atoms with E-state index in [1.165, 1.54) is 33.0 Å². The summed E-state index contributed by atoms with van der Waals surface area (Å²) in [6.45, 7) is 1.67. The van der Waals surface area contributed by atoms with Crippen LogP contribution in [0.1, 0.15) is 28.4 Å². The van der Waals surface area contributed by atoms with Crippen molar-refractivity contribution in [3.8, 4) is 0 Å². The summed E-state index contributed by atoms with van der Waals surface area (Å²) < 4.78 is 6.43. The molecule has 0 radical (unpaired) electrons. The van der Waals surface area contributed by atoms with Gasteiger partial charge in [0.1, 0.15) is 6.10 Å². The van der Waals surface area contributed by atoms with Gasteiger partial charge in [0, 0.05) is 6.54 Å². The molecule has 1 aliphatic rings. The summed E-state index contributed by atoms with van der Waals surface area (Å²) in [5.41, 5.74) is 5.53. The molecule has 1 aliphatic carbocycles. The van der Waals surface area contributed by atoms with Gasteiger partial charge in [-0.15, -0.1) is 0 Å². The average Bonchev–Trinajstić information content (AvgIpc) is 2.79. The molecule has 128 valence electrons. The zero-order valence-corrected chi connectivity index (χ0v) is 15.0. The van der Waals surface area contributed by atoms with E-state index < -0.39 is 0 Å². The number of rotatable bonds is 4. The van der Waals surface area contributed by atoms with E-state index in [4.69, 9.17) is 4.74 Å². The normalized spacial score (nSPS) is 16.5. The highest BCUT2D eigenvalue weighted by Crippen LogP contribution is 2.38. The predicted octanol–water partition coefficient (Wildman–Crippen LogP) is 4.61. The first-order valence-corrected chi connectivity index (χ1v) is 9.08. The molecule has 25 heavy (non-hydrogen) atoms. The molecule has 0 fully saturated rings. The maximum atomic E-state index is 6.43. The molecule has 0 bridgehead atoms. The second-order valence-corrected chi connectivity index (χ2v) is 7.11. The molecule has 0 amide bonds. The van der Waals surface area contributed by atoms with Gasteiger partial charge in [-0.2, -0.15) is 0 Å². The third-order valence-corrected chi connectivity index (χ3v) is 5.16. The predicted molar refractivity (Wildman–Crippen MR) is 104 cm³/mol. The van der Waals surface area contributed by atoms with Crippen molar-refractivity contribution < 1.29 is 4.74 Å². The topological polar surface area (TPSA) is 12.5 Å². The Balaban J connectivity index is 1.82. The Kier molecular flexibility index (Phi) is 4.56. The Hall–Kier alpha value is -2.16. The van der Waals surface area contributed by atoms with E-state index in [0.717, 1.165) is 26.0 Å². The second-order valence-electron chi connectivity index (χ2n) is 7.11. The molecule has 2 nitrogen and oxygen atoms in total. The van der Waals surface area contributed by atoms with Crippen molar-refractivity contribution in [3.63, 3.8) is 0 Å². The SMILES string of the molecule is CN(C)CCOC1c2ccccc2CCc2c1ccc1ccccc21. The van der Waals surface area contributed by atoms with Crippen molar-refractivity contribution in [2.24, 2.45) is 0 Å². The molecule has 0 saturated carbocycles. The molecule has 1 unspecified atom stereocenters. The van der Waals surface area contributed by atoms with Crippen molar-refractivity contribution in [3.05, 3.63) is 82.9 Å². The van der Waals surface area contributed by atoms with Crippen LogP contribution in [-0.4, -0.2) is 32.1 Å². The van der Waals surface area contributed by atoms with Crippen molar-refractivity contribution in [1.82, 2.24) is 4.90 Å². The lowest BCUT2D eigenvalue weighted by Crippen LogP contribution is -2.20. The van der Waals surface area contributed by atoms with Crippen molar-refractivity contribution >= 4 is 10.8 Å².